The van der Waals surface area contributed by atoms with Gasteiger partial charge in [0.25, 0.3) is 0 Å². The molecule has 0 bridgehead atoms. The van der Waals surface area contributed by atoms with Crippen LogP contribution >= 0.6 is 11.3 Å². The zero-order chi connectivity index (χ0) is 8.43. The Bertz CT molecular complexity index is 336. The third-order valence-electron chi connectivity index (χ3n) is 1.17. The molecule has 1 rings (SSSR count). The number of thiazole rings is 1. The van der Waals surface area contributed by atoms with Gasteiger partial charge in [-0.05, 0) is 6.92 Å². The maximum atomic E-state index is 10.5. The van der Waals surface area contributed by atoms with E-state index in [1.807, 2.05) is 12.3 Å². The molecule has 5 heteroatoms. The number of aromatic nitrogens is 1. The lowest BCUT2D eigenvalue weighted by atomic mass is 10.6. The second-order valence-electron chi connectivity index (χ2n) is 2.16. The van der Waals surface area contributed by atoms with Crippen molar-refractivity contribution >= 4 is 17.2 Å². The number of nitrogens with two attached hydrogens (primary N) is 1. The molecule has 1 heterocycles. The van der Waals surface area contributed by atoms with Crippen LogP contribution in [0.1, 0.15) is 12.6 Å². The molecule has 4 nitrogen and oxygen atoms in total. The zero-order valence-electron chi connectivity index (χ0n) is 6.37. The number of amides is 1. The minimum atomic E-state index is -0.231. The lowest BCUT2D eigenvalue weighted by Crippen LogP contribution is -2.24. The fraction of sp³-hybridized carbons (Fsp3) is 0.333. The van der Waals surface area contributed by atoms with Crippen LogP contribution in [0.4, 0.5) is 0 Å². The molecule has 0 aromatic carbocycles. The Hall–Kier alpha value is -1.10. The third-order valence-corrected chi connectivity index (χ3v) is 2.13. The standard InChI is InChI=1S/C6H9N3OS/c1-4-3-11-6(9(4)7)8-5(2)10/h3H,7H2,1-2H3. The molecule has 0 unspecified atom stereocenters. The second-order valence-corrected chi connectivity index (χ2v) is 3.00. The molecule has 1 aromatic rings. The van der Waals surface area contributed by atoms with Crippen molar-refractivity contribution in [2.75, 3.05) is 5.84 Å². The van der Waals surface area contributed by atoms with Crippen LogP contribution in [0.25, 0.3) is 0 Å². The molecule has 2 N–H and O–H groups in total. The van der Waals surface area contributed by atoms with Gasteiger partial charge in [0.2, 0.25) is 10.7 Å². The van der Waals surface area contributed by atoms with E-state index < -0.39 is 0 Å². The maximum Gasteiger partial charge on any atom is 0.245 e. The Morgan fingerprint density at radius 3 is 2.82 bits per heavy atom. The van der Waals surface area contributed by atoms with Crippen LogP contribution in [0.15, 0.2) is 10.4 Å². The molecule has 1 amide bonds. The van der Waals surface area contributed by atoms with Gasteiger partial charge in [-0.2, -0.15) is 4.99 Å². The predicted octanol–water partition coefficient (Wildman–Crippen LogP) is 0.0190. The zero-order valence-corrected chi connectivity index (χ0v) is 7.18. The van der Waals surface area contributed by atoms with Crippen molar-refractivity contribution in [3.8, 4) is 0 Å². The number of hydrogen-bond acceptors (Lipinski definition) is 3. The van der Waals surface area contributed by atoms with Gasteiger partial charge in [0.15, 0.2) is 0 Å². The van der Waals surface area contributed by atoms with Gasteiger partial charge in [-0.1, -0.05) is 0 Å². The maximum absolute atomic E-state index is 10.5. The van der Waals surface area contributed by atoms with Crippen molar-refractivity contribution in [1.29, 1.82) is 0 Å². The molecular weight excluding hydrogens is 162 g/mol. The van der Waals surface area contributed by atoms with Gasteiger partial charge in [0.1, 0.15) is 0 Å². The smallest absolute Gasteiger partial charge is 0.245 e. The number of nitrogen functional groups attached to an aromatic ring is 1. The van der Waals surface area contributed by atoms with Gasteiger partial charge in [0, 0.05) is 18.0 Å². The SMILES string of the molecule is CC(=O)N=c1scc(C)n1N. The van der Waals surface area contributed by atoms with Crippen LogP contribution in [0, 0.1) is 6.92 Å². The largest absolute Gasteiger partial charge is 0.337 e. The number of carbonyl (C=O) groups excluding carboxylic acids is 1. The highest BCUT2D eigenvalue weighted by Gasteiger charge is 1.95. The Morgan fingerprint density at radius 2 is 2.45 bits per heavy atom. The van der Waals surface area contributed by atoms with Crippen molar-refractivity contribution in [3.05, 3.63) is 15.9 Å². The number of hydrogen-bond donors (Lipinski definition) is 1. The predicted molar refractivity (Wildman–Crippen MR) is 43.4 cm³/mol. The van der Waals surface area contributed by atoms with E-state index in [2.05, 4.69) is 4.99 Å². The Kier molecular flexibility index (Phi) is 2.09. The minimum Gasteiger partial charge on any atom is -0.337 e. The highest BCUT2D eigenvalue weighted by Crippen LogP contribution is 1.94. The highest BCUT2D eigenvalue weighted by molar-refractivity contribution is 7.07. The van der Waals surface area contributed by atoms with E-state index in [9.17, 15) is 4.79 Å². The Labute approximate surface area is 68.0 Å². The normalized spacial score (nSPS) is 12.0. The van der Waals surface area contributed by atoms with Gasteiger partial charge in [-0.25, -0.2) is 4.68 Å². The molecule has 0 saturated heterocycles. The van der Waals surface area contributed by atoms with Crippen molar-refractivity contribution in [1.82, 2.24) is 4.68 Å². The van der Waals surface area contributed by atoms with Gasteiger partial charge in [0.05, 0.1) is 0 Å². The monoisotopic (exact) mass is 171 g/mol. The number of rotatable bonds is 0. The van der Waals surface area contributed by atoms with E-state index in [4.69, 9.17) is 5.84 Å². The second kappa shape index (κ2) is 2.87. The molecule has 60 valence electrons. The van der Waals surface area contributed by atoms with Crippen LogP contribution in [-0.4, -0.2) is 10.6 Å². The molecule has 0 aliphatic rings. The first-order valence-electron chi connectivity index (χ1n) is 3.09. The third kappa shape index (κ3) is 1.68. The summed E-state index contributed by atoms with van der Waals surface area (Å²) in [5.74, 6) is 5.30. The average Bonchev–Trinajstić information content (AvgIpc) is 2.18. The van der Waals surface area contributed by atoms with Crippen LogP contribution in [-0.2, 0) is 4.79 Å². The summed E-state index contributed by atoms with van der Waals surface area (Å²) in [5, 5.41) is 1.85. The van der Waals surface area contributed by atoms with Crippen LogP contribution in [0.5, 0.6) is 0 Å². The topological polar surface area (TPSA) is 60.4 Å². The van der Waals surface area contributed by atoms with Crippen LogP contribution < -0.4 is 10.6 Å². The summed E-state index contributed by atoms with van der Waals surface area (Å²) in [6, 6.07) is 0. The number of carbonyl (C=O) groups is 1. The molecule has 0 fully saturated rings. The van der Waals surface area contributed by atoms with E-state index in [1.165, 1.54) is 22.9 Å². The minimum absolute atomic E-state index is 0.231. The molecule has 0 spiro atoms. The molecule has 0 aliphatic heterocycles. The fourth-order valence-corrected chi connectivity index (χ4v) is 1.45. The van der Waals surface area contributed by atoms with Crippen molar-refractivity contribution in [2.45, 2.75) is 13.8 Å². The van der Waals surface area contributed by atoms with Crippen molar-refractivity contribution in [3.63, 3.8) is 0 Å². The lowest BCUT2D eigenvalue weighted by molar-refractivity contribution is -0.116. The van der Waals surface area contributed by atoms with Crippen LogP contribution in [0.2, 0.25) is 0 Å². The molecule has 1 aromatic heterocycles. The van der Waals surface area contributed by atoms with Gasteiger partial charge < -0.3 is 5.84 Å². The Morgan fingerprint density at radius 1 is 1.82 bits per heavy atom. The first-order valence-corrected chi connectivity index (χ1v) is 3.96. The summed E-state index contributed by atoms with van der Waals surface area (Å²) in [4.78, 5) is 14.8. The molecule has 11 heavy (non-hydrogen) atoms. The quantitative estimate of drug-likeness (QED) is 0.559. The first kappa shape index (κ1) is 8.00. The molecule has 0 atom stereocenters. The lowest BCUT2D eigenvalue weighted by Gasteiger charge is -1.92. The summed E-state index contributed by atoms with van der Waals surface area (Å²) in [5.41, 5.74) is 0.898. The van der Waals surface area contributed by atoms with E-state index in [1.54, 1.807) is 0 Å². The molecular formula is C6H9N3OS. The summed E-state index contributed by atoms with van der Waals surface area (Å²) in [6.45, 7) is 3.25. The van der Waals surface area contributed by atoms with E-state index in [0.29, 0.717) is 4.80 Å². The van der Waals surface area contributed by atoms with E-state index in [0.717, 1.165) is 5.69 Å². The van der Waals surface area contributed by atoms with Gasteiger partial charge in [-0.3, -0.25) is 4.79 Å². The van der Waals surface area contributed by atoms with Crippen LogP contribution in [0.3, 0.4) is 0 Å². The molecule has 0 radical (unpaired) electrons. The molecule has 0 aliphatic carbocycles. The summed E-state index contributed by atoms with van der Waals surface area (Å²) in [7, 11) is 0. The first-order chi connectivity index (χ1) is 5.11. The summed E-state index contributed by atoms with van der Waals surface area (Å²) >= 11 is 1.35. The number of aryl methyl sites for hydroxylation is 1. The van der Waals surface area contributed by atoms with E-state index >= 15 is 0 Å². The van der Waals surface area contributed by atoms with Crippen molar-refractivity contribution < 1.29 is 4.79 Å². The molecule has 0 saturated carbocycles. The summed E-state index contributed by atoms with van der Waals surface area (Å²) < 4.78 is 1.39. The van der Waals surface area contributed by atoms with E-state index in [-0.39, 0.29) is 5.91 Å². The fourth-order valence-electron chi connectivity index (χ4n) is 0.617. The Balaban J connectivity index is 3.25. The van der Waals surface area contributed by atoms with Crippen molar-refractivity contribution in [2.24, 2.45) is 4.99 Å². The van der Waals surface area contributed by atoms with Gasteiger partial charge in [-0.15, -0.1) is 11.3 Å². The average molecular weight is 171 g/mol. The van der Waals surface area contributed by atoms with Gasteiger partial charge >= 0.3 is 0 Å². The summed E-state index contributed by atoms with van der Waals surface area (Å²) in [6.07, 6.45) is 0. The highest BCUT2D eigenvalue weighted by atomic mass is 32.1. The number of nitrogens with zero attached hydrogens (tertiary/aromatic N) is 2.